The van der Waals surface area contributed by atoms with E-state index in [0.717, 1.165) is 44.9 Å². The molecular formula is C30H60NO8P. The maximum Gasteiger partial charge on any atom is 0.306 e. The maximum atomic E-state index is 12.4. The molecule has 0 heterocycles. The van der Waals surface area contributed by atoms with Gasteiger partial charge in [-0.2, -0.15) is 0 Å². The van der Waals surface area contributed by atoms with Gasteiger partial charge in [0.1, 0.15) is 19.8 Å². The number of ether oxygens (including phenoxy) is 2. The fourth-order valence-corrected chi connectivity index (χ4v) is 4.79. The standard InChI is InChI=1S/C30H60NO8P/c1-6-8-10-12-13-14-15-16-17-19-21-23-30(33)39-28(26-36-29(32)22-20-18-11-9-7-2)27-38-40(34,35)37-25-24-31(3,4)5/h28H,6-27H2,1-5H3. The highest BCUT2D eigenvalue weighted by Crippen LogP contribution is 2.38. The van der Waals surface area contributed by atoms with E-state index in [1.54, 1.807) is 0 Å². The first kappa shape index (κ1) is 39.0. The van der Waals surface area contributed by atoms with E-state index in [1.165, 1.54) is 51.4 Å². The van der Waals surface area contributed by atoms with Gasteiger partial charge in [0.2, 0.25) is 0 Å². The Bertz CT molecular complexity index is 683. The van der Waals surface area contributed by atoms with Crippen molar-refractivity contribution in [3.8, 4) is 0 Å². The monoisotopic (exact) mass is 593 g/mol. The molecule has 40 heavy (non-hydrogen) atoms. The SMILES string of the molecule is CCCCCCCCCCCCCC(=O)OC(COC(=O)CCCCCCC)COP(=O)([O-])OCC[N+](C)(C)C. The van der Waals surface area contributed by atoms with E-state index in [2.05, 4.69) is 13.8 Å². The Kier molecular flexibility index (Phi) is 24.0. The number of phosphoric ester groups is 1. The van der Waals surface area contributed by atoms with E-state index in [4.69, 9.17) is 18.5 Å². The van der Waals surface area contributed by atoms with E-state index in [0.29, 0.717) is 17.4 Å². The predicted molar refractivity (Wildman–Crippen MR) is 158 cm³/mol. The molecule has 0 aliphatic heterocycles. The molecule has 0 aromatic carbocycles. The van der Waals surface area contributed by atoms with Crippen molar-refractivity contribution in [1.82, 2.24) is 0 Å². The molecule has 0 N–H and O–H groups in total. The topological polar surface area (TPSA) is 111 Å². The van der Waals surface area contributed by atoms with Gasteiger partial charge in [-0.15, -0.1) is 0 Å². The lowest BCUT2D eigenvalue weighted by molar-refractivity contribution is -0.870. The van der Waals surface area contributed by atoms with Gasteiger partial charge in [-0.1, -0.05) is 104 Å². The van der Waals surface area contributed by atoms with Crippen molar-refractivity contribution >= 4 is 19.8 Å². The Morgan fingerprint density at radius 2 is 1.12 bits per heavy atom. The third-order valence-electron chi connectivity index (χ3n) is 6.63. The van der Waals surface area contributed by atoms with Gasteiger partial charge in [0, 0.05) is 12.8 Å². The number of carbonyl (C=O) groups is 2. The number of hydrogen-bond donors (Lipinski definition) is 0. The summed E-state index contributed by atoms with van der Waals surface area (Å²) in [4.78, 5) is 36.8. The fourth-order valence-electron chi connectivity index (χ4n) is 4.06. The minimum atomic E-state index is -4.59. The Labute approximate surface area is 244 Å². The average molecular weight is 594 g/mol. The quantitative estimate of drug-likeness (QED) is 0.0426. The molecule has 0 fully saturated rings. The van der Waals surface area contributed by atoms with Gasteiger partial charge in [-0.05, 0) is 12.8 Å². The van der Waals surface area contributed by atoms with Gasteiger partial charge < -0.3 is 27.9 Å². The lowest BCUT2D eigenvalue weighted by atomic mass is 10.1. The van der Waals surface area contributed by atoms with Crippen LogP contribution >= 0.6 is 7.82 Å². The molecule has 9 nitrogen and oxygen atoms in total. The predicted octanol–water partition coefficient (Wildman–Crippen LogP) is 6.71. The molecule has 0 aromatic heterocycles. The molecule has 0 aliphatic rings. The van der Waals surface area contributed by atoms with Crippen LogP contribution in [0.2, 0.25) is 0 Å². The van der Waals surface area contributed by atoms with E-state index in [1.807, 2.05) is 21.1 Å². The van der Waals surface area contributed by atoms with Crippen molar-refractivity contribution in [1.29, 1.82) is 0 Å². The second-order valence-corrected chi connectivity index (χ2v) is 13.2. The first-order chi connectivity index (χ1) is 19.0. The Balaban J connectivity index is 4.48. The van der Waals surface area contributed by atoms with Crippen LogP contribution in [-0.4, -0.2) is 70.0 Å². The summed E-state index contributed by atoms with van der Waals surface area (Å²) in [6.45, 7) is 4.09. The van der Waals surface area contributed by atoms with Crippen LogP contribution in [0.25, 0.3) is 0 Å². The number of carbonyl (C=O) groups excluding carboxylic acids is 2. The number of phosphoric acid groups is 1. The van der Waals surface area contributed by atoms with Crippen molar-refractivity contribution in [2.45, 2.75) is 136 Å². The molecule has 0 saturated carbocycles. The number of nitrogens with zero attached hydrogens (tertiary/aromatic N) is 1. The average Bonchev–Trinajstić information content (AvgIpc) is 2.87. The zero-order chi connectivity index (χ0) is 30.1. The maximum absolute atomic E-state index is 12.4. The van der Waals surface area contributed by atoms with Gasteiger partial charge in [0.05, 0.1) is 27.7 Å². The Morgan fingerprint density at radius 3 is 1.60 bits per heavy atom. The molecule has 0 amide bonds. The molecule has 0 rings (SSSR count). The second-order valence-electron chi connectivity index (χ2n) is 11.8. The molecule has 0 radical (unpaired) electrons. The number of hydrogen-bond acceptors (Lipinski definition) is 8. The summed E-state index contributed by atoms with van der Waals surface area (Å²) in [5.41, 5.74) is 0. The molecule has 0 spiro atoms. The Hall–Kier alpha value is -0.990. The number of likely N-dealkylation sites (N-methyl/N-ethyl adjacent to an activating group) is 1. The summed E-state index contributed by atoms with van der Waals surface area (Å²) in [6, 6.07) is 0. The van der Waals surface area contributed by atoms with Gasteiger partial charge >= 0.3 is 11.9 Å². The molecule has 0 aromatic rings. The third kappa shape index (κ3) is 27.2. The van der Waals surface area contributed by atoms with Crippen LogP contribution in [0.1, 0.15) is 129 Å². The molecule has 2 atom stereocenters. The number of rotatable bonds is 28. The summed E-state index contributed by atoms with van der Waals surface area (Å²) in [5.74, 6) is -0.848. The molecule has 0 saturated heterocycles. The molecule has 0 aliphatic carbocycles. The van der Waals surface area contributed by atoms with Gasteiger partial charge in [-0.3, -0.25) is 14.2 Å². The van der Waals surface area contributed by atoms with Crippen molar-refractivity contribution in [2.75, 3.05) is 47.5 Å². The first-order valence-corrected chi connectivity index (χ1v) is 17.2. The number of esters is 2. The fraction of sp³-hybridized carbons (Fsp3) is 0.933. The highest BCUT2D eigenvalue weighted by atomic mass is 31.2. The van der Waals surface area contributed by atoms with Crippen molar-refractivity contribution in [3.63, 3.8) is 0 Å². The molecule has 2 unspecified atom stereocenters. The summed E-state index contributed by atoms with van der Waals surface area (Å²) in [5, 5.41) is 0. The van der Waals surface area contributed by atoms with Crippen LogP contribution in [0, 0.1) is 0 Å². The smallest absolute Gasteiger partial charge is 0.306 e. The van der Waals surface area contributed by atoms with E-state index in [9.17, 15) is 19.0 Å². The molecule has 0 bridgehead atoms. The summed E-state index contributed by atoms with van der Waals surface area (Å²) < 4.78 is 33.4. The highest BCUT2D eigenvalue weighted by Gasteiger charge is 2.21. The summed E-state index contributed by atoms with van der Waals surface area (Å²) in [6.07, 6.45) is 17.4. The van der Waals surface area contributed by atoms with Crippen molar-refractivity contribution < 1.29 is 42.1 Å². The van der Waals surface area contributed by atoms with Crippen LogP contribution in [0.3, 0.4) is 0 Å². The largest absolute Gasteiger partial charge is 0.756 e. The molecule has 238 valence electrons. The second kappa shape index (κ2) is 24.6. The van der Waals surface area contributed by atoms with Crippen LogP contribution < -0.4 is 4.89 Å². The lowest BCUT2D eigenvalue weighted by Crippen LogP contribution is -2.37. The summed E-state index contributed by atoms with van der Waals surface area (Å²) in [7, 11) is 1.17. The van der Waals surface area contributed by atoms with Crippen LogP contribution in [0.4, 0.5) is 0 Å². The van der Waals surface area contributed by atoms with Crippen LogP contribution in [-0.2, 0) is 32.7 Å². The minimum Gasteiger partial charge on any atom is -0.756 e. The zero-order valence-corrected chi connectivity index (χ0v) is 27.2. The lowest BCUT2D eigenvalue weighted by Gasteiger charge is -2.28. The first-order valence-electron chi connectivity index (χ1n) is 15.7. The van der Waals surface area contributed by atoms with Gasteiger partial charge in [-0.25, -0.2) is 0 Å². The van der Waals surface area contributed by atoms with Gasteiger partial charge in [0.25, 0.3) is 7.82 Å². The van der Waals surface area contributed by atoms with Crippen LogP contribution in [0.15, 0.2) is 0 Å². The number of unbranched alkanes of at least 4 members (excludes halogenated alkanes) is 14. The van der Waals surface area contributed by atoms with E-state index < -0.39 is 32.5 Å². The van der Waals surface area contributed by atoms with Gasteiger partial charge in [0.15, 0.2) is 6.10 Å². The van der Waals surface area contributed by atoms with E-state index >= 15 is 0 Å². The van der Waals surface area contributed by atoms with E-state index in [-0.39, 0.29) is 26.1 Å². The molecular weight excluding hydrogens is 533 g/mol. The zero-order valence-electron chi connectivity index (χ0n) is 26.3. The highest BCUT2D eigenvalue weighted by molar-refractivity contribution is 7.45. The van der Waals surface area contributed by atoms with Crippen molar-refractivity contribution in [3.05, 3.63) is 0 Å². The molecule has 10 heteroatoms. The third-order valence-corrected chi connectivity index (χ3v) is 7.59. The Morgan fingerprint density at radius 1 is 0.675 bits per heavy atom. The number of quaternary nitrogens is 1. The summed E-state index contributed by atoms with van der Waals surface area (Å²) >= 11 is 0. The van der Waals surface area contributed by atoms with Crippen LogP contribution in [0.5, 0.6) is 0 Å². The normalized spacial score (nSPS) is 14.1. The van der Waals surface area contributed by atoms with Crippen molar-refractivity contribution in [2.24, 2.45) is 0 Å². The minimum absolute atomic E-state index is 0.0272.